The average molecular weight is 442 g/mol. The molecule has 0 spiro atoms. The Labute approximate surface area is 191 Å². The van der Waals surface area contributed by atoms with E-state index in [1.807, 2.05) is 65.2 Å². The van der Waals surface area contributed by atoms with Crippen LogP contribution in [0.2, 0.25) is 0 Å². The Hall–Kier alpha value is -3.93. The highest BCUT2D eigenvalue weighted by Gasteiger charge is 2.47. The van der Waals surface area contributed by atoms with Crippen LogP contribution in [-0.4, -0.2) is 26.8 Å². The van der Waals surface area contributed by atoms with E-state index in [0.29, 0.717) is 17.8 Å². The van der Waals surface area contributed by atoms with Gasteiger partial charge in [0.1, 0.15) is 17.1 Å². The smallest absolute Gasteiger partial charge is 0.271 e. The second-order valence-corrected chi connectivity index (χ2v) is 8.60. The summed E-state index contributed by atoms with van der Waals surface area (Å²) in [6, 6.07) is 25.5. The SMILES string of the molecule is CC1(C(=O)NCc2ccccc2)Cn2c(cc3ccccc32)C(=O)N1Cc1ccccc1F. The number of para-hydroxylation sites is 1. The number of nitrogens with one attached hydrogen (secondary N) is 1. The Morgan fingerprint density at radius 3 is 2.48 bits per heavy atom. The minimum atomic E-state index is -1.21. The third kappa shape index (κ3) is 3.67. The highest BCUT2D eigenvalue weighted by Crippen LogP contribution is 2.33. The average Bonchev–Trinajstić information content (AvgIpc) is 3.20. The molecule has 0 fully saturated rings. The zero-order valence-corrected chi connectivity index (χ0v) is 18.3. The summed E-state index contributed by atoms with van der Waals surface area (Å²) >= 11 is 0. The van der Waals surface area contributed by atoms with Crippen LogP contribution in [0.3, 0.4) is 0 Å². The van der Waals surface area contributed by atoms with Gasteiger partial charge in [0.2, 0.25) is 5.91 Å². The van der Waals surface area contributed by atoms with E-state index in [-0.39, 0.29) is 24.9 Å². The van der Waals surface area contributed by atoms with E-state index in [1.165, 1.54) is 11.0 Å². The lowest BCUT2D eigenvalue weighted by atomic mass is 9.93. The topological polar surface area (TPSA) is 54.3 Å². The fourth-order valence-corrected chi connectivity index (χ4v) is 4.52. The van der Waals surface area contributed by atoms with Crippen molar-refractivity contribution in [2.75, 3.05) is 0 Å². The maximum atomic E-state index is 14.5. The van der Waals surface area contributed by atoms with Crippen LogP contribution in [0.5, 0.6) is 0 Å². The van der Waals surface area contributed by atoms with Gasteiger partial charge < -0.3 is 14.8 Å². The van der Waals surface area contributed by atoms with Crippen LogP contribution in [0.1, 0.15) is 28.5 Å². The molecular weight excluding hydrogens is 417 g/mol. The number of aromatic nitrogens is 1. The third-order valence-corrected chi connectivity index (χ3v) is 6.41. The molecule has 0 bridgehead atoms. The molecule has 1 aliphatic rings. The highest BCUT2D eigenvalue weighted by atomic mass is 19.1. The van der Waals surface area contributed by atoms with Gasteiger partial charge in [-0.3, -0.25) is 9.59 Å². The van der Waals surface area contributed by atoms with Crippen LogP contribution in [0.25, 0.3) is 10.9 Å². The number of rotatable bonds is 5. The molecule has 0 aliphatic carbocycles. The molecule has 1 aliphatic heterocycles. The van der Waals surface area contributed by atoms with Crippen molar-refractivity contribution < 1.29 is 14.0 Å². The summed E-state index contributed by atoms with van der Waals surface area (Å²) in [6.45, 7) is 2.37. The molecule has 4 aromatic rings. The van der Waals surface area contributed by atoms with Gasteiger partial charge in [-0.2, -0.15) is 0 Å². The fraction of sp³-hybridized carbons (Fsp3) is 0.185. The molecule has 2 amide bonds. The molecule has 1 N–H and O–H groups in total. The quantitative estimate of drug-likeness (QED) is 0.495. The van der Waals surface area contributed by atoms with Crippen LogP contribution in [0.15, 0.2) is 84.9 Å². The number of hydrogen-bond donors (Lipinski definition) is 1. The number of benzene rings is 3. The van der Waals surface area contributed by atoms with Crippen LogP contribution in [-0.2, 0) is 24.4 Å². The highest BCUT2D eigenvalue weighted by molar-refractivity contribution is 6.03. The Kier molecular flexibility index (Phi) is 5.21. The molecule has 1 aromatic heterocycles. The van der Waals surface area contributed by atoms with E-state index >= 15 is 0 Å². The predicted molar refractivity (Wildman–Crippen MR) is 125 cm³/mol. The van der Waals surface area contributed by atoms with Crippen molar-refractivity contribution in [3.05, 3.63) is 108 Å². The normalized spacial score (nSPS) is 17.8. The van der Waals surface area contributed by atoms with Gasteiger partial charge in [-0.1, -0.05) is 66.7 Å². The van der Waals surface area contributed by atoms with Gasteiger partial charge >= 0.3 is 0 Å². The van der Waals surface area contributed by atoms with Crippen molar-refractivity contribution in [1.29, 1.82) is 0 Å². The fourth-order valence-electron chi connectivity index (χ4n) is 4.52. The van der Waals surface area contributed by atoms with Gasteiger partial charge in [0.05, 0.1) is 13.1 Å². The van der Waals surface area contributed by atoms with Gasteiger partial charge in [0.25, 0.3) is 5.91 Å². The number of carbonyl (C=O) groups excluding carboxylic acids is 2. The molecule has 166 valence electrons. The molecule has 0 saturated heterocycles. The number of halogens is 1. The number of fused-ring (bicyclic) bond motifs is 3. The van der Waals surface area contributed by atoms with Crippen molar-refractivity contribution in [3.8, 4) is 0 Å². The minimum Gasteiger partial charge on any atom is -0.350 e. The molecule has 1 unspecified atom stereocenters. The largest absolute Gasteiger partial charge is 0.350 e. The lowest BCUT2D eigenvalue weighted by Gasteiger charge is -2.44. The van der Waals surface area contributed by atoms with E-state index in [1.54, 1.807) is 25.1 Å². The standard InChI is InChI=1S/C27H24FN3O2/c1-27(26(33)29-16-19-9-3-2-4-10-19)18-30-23-14-8-6-11-20(23)15-24(30)25(32)31(27)17-21-12-5-7-13-22(21)28/h2-15H,16-18H2,1H3,(H,29,33). The van der Waals surface area contributed by atoms with Gasteiger partial charge in [0.15, 0.2) is 0 Å². The van der Waals surface area contributed by atoms with Crippen molar-refractivity contribution in [1.82, 2.24) is 14.8 Å². The van der Waals surface area contributed by atoms with Crippen molar-refractivity contribution in [2.45, 2.75) is 32.1 Å². The number of hydrogen-bond acceptors (Lipinski definition) is 2. The second-order valence-electron chi connectivity index (χ2n) is 8.60. The molecule has 3 aromatic carbocycles. The summed E-state index contributed by atoms with van der Waals surface area (Å²) in [5.41, 5.74) is 1.53. The summed E-state index contributed by atoms with van der Waals surface area (Å²) in [7, 11) is 0. The van der Waals surface area contributed by atoms with Crippen LogP contribution in [0, 0.1) is 5.82 Å². The second kappa shape index (κ2) is 8.20. The zero-order chi connectivity index (χ0) is 23.0. The first-order valence-electron chi connectivity index (χ1n) is 10.9. The molecule has 33 heavy (non-hydrogen) atoms. The number of carbonyl (C=O) groups is 2. The van der Waals surface area contributed by atoms with Crippen LogP contribution < -0.4 is 5.32 Å². The predicted octanol–water partition coefficient (Wildman–Crippen LogP) is 4.51. The van der Waals surface area contributed by atoms with Crippen molar-refractivity contribution in [3.63, 3.8) is 0 Å². The van der Waals surface area contributed by atoms with Crippen LogP contribution >= 0.6 is 0 Å². The molecule has 5 rings (SSSR count). The third-order valence-electron chi connectivity index (χ3n) is 6.41. The number of amides is 2. The van der Waals surface area contributed by atoms with Gasteiger partial charge in [-0.05, 0) is 30.7 Å². The first-order valence-corrected chi connectivity index (χ1v) is 10.9. The lowest BCUT2D eigenvalue weighted by molar-refractivity contribution is -0.133. The molecule has 1 atom stereocenters. The molecule has 2 heterocycles. The van der Waals surface area contributed by atoms with E-state index in [9.17, 15) is 14.0 Å². The van der Waals surface area contributed by atoms with Gasteiger partial charge in [0, 0.05) is 23.0 Å². The summed E-state index contributed by atoms with van der Waals surface area (Å²) in [5, 5.41) is 3.92. The van der Waals surface area contributed by atoms with Crippen molar-refractivity contribution in [2.24, 2.45) is 0 Å². The maximum Gasteiger partial charge on any atom is 0.271 e. The summed E-state index contributed by atoms with van der Waals surface area (Å²) in [6.07, 6.45) is 0. The van der Waals surface area contributed by atoms with E-state index in [4.69, 9.17) is 0 Å². The number of nitrogens with zero attached hydrogens (tertiary/aromatic N) is 2. The molecule has 6 heteroatoms. The molecule has 0 saturated carbocycles. The summed E-state index contributed by atoms with van der Waals surface area (Å²) in [4.78, 5) is 28.8. The van der Waals surface area contributed by atoms with Gasteiger partial charge in [-0.15, -0.1) is 0 Å². The van der Waals surface area contributed by atoms with Gasteiger partial charge in [-0.25, -0.2) is 4.39 Å². The monoisotopic (exact) mass is 441 g/mol. The first-order chi connectivity index (χ1) is 16.0. The first kappa shape index (κ1) is 20.9. The van der Waals surface area contributed by atoms with E-state index in [0.717, 1.165) is 16.5 Å². The lowest BCUT2D eigenvalue weighted by Crippen LogP contribution is -2.63. The molecule has 5 nitrogen and oxygen atoms in total. The zero-order valence-electron chi connectivity index (χ0n) is 18.3. The molecular formula is C27H24FN3O2. The summed E-state index contributed by atoms with van der Waals surface area (Å²) in [5.74, 6) is -0.971. The van der Waals surface area contributed by atoms with Crippen molar-refractivity contribution >= 4 is 22.7 Å². The Morgan fingerprint density at radius 2 is 1.70 bits per heavy atom. The molecule has 0 radical (unpaired) electrons. The minimum absolute atomic E-state index is 0.00227. The maximum absolute atomic E-state index is 14.5. The Balaban J connectivity index is 1.55. The van der Waals surface area contributed by atoms with Crippen LogP contribution in [0.4, 0.5) is 4.39 Å². The van der Waals surface area contributed by atoms with E-state index in [2.05, 4.69) is 5.32 Å². The van der Waals surface area contributed by atoms with E-state index < -0.39 is 11.4 Å². The Bertz CT molecular complexity index is 1350. The summed E-state index contributed by atoms with van der Waals surface area (Å²) < 4.78 is 16.4. The Morgan fingerprint density at radius 1 is 1.00 bits per heavy atom.